The predicted molar refractivity (Wildman–Crippen MR) is 110 cm³/mol. The molecule has 0 aliphatic carbocycles. The number of carbonyl (C=O) groups is 1. The molecule has 1 saturated heterocycles. The van der Waals surface area contributed by atoms with Crippen LogP contribution in [0, 0.1) is 18.6 Å². The minimum atomic E-state index is -4.79. The summed E-state index contributed by atoms with van der Waals surface area (Å²) in [4.78, 5) is 13.4. The Kier molecular flexibility index (Phi) is 8.82. The van der Waals surface area contributed by atoms with Crippen LogP contribution in [0.1, 0.15) is 17.2 Å². The molecule has 2 aromatic rings. The maximum Gasteiger partial charge on any atom is 0.426 e. The summed E-state index contributed by atoms with van der Waals surface area (Å²) in [6.07, 6.45) is -9.13. The van der Waals surface area contributed by atoms with Gasteiger partial charge in [0.25, 0.3) is 0 Å². The molecular weight excluding hydrogens is 459 g/mol. The number of nitrogens with one attached hydrogen (secondary N) is 1. The minimum absolute atomic E-state index is 0. The Morgan fingerprint density at radius 1 is 1.19 bits per heavy atom. The number of hydrogen-bond donors (Lipinski definition) is 1. The van der Waals surface area contributed by atoms with Crippen LogP contribution in [-0.2, 0) is 9.47 Å². The van der Waals surface area contributed by atoms with Crippen molar-refractivity contribution in [2.45, 2.75) is 25.3 Å². The SMILES string of the molecule is Cc1ccc(NC(=O)O[C@@H](CN2CCOC(c3ccc(F)c(F)c3)C2)C(F)(F)F)cc1.Cl. The fourth-order valence-corrected chi connectivity index (χ4v) is 3.14. The lowest BCUT2D eigenvalue weighted by atomic mass is 10.1. The second kappa shape index (κ2) is 10.9. The van der Waals surface area contributed by atoms with Crippen LogP contribution in [0.3, 0.4) is 0 Å². The maximum absolute atomic E-state index is 13.5. The van der Waals surface area contributed by atoms with E-state index in [-0.39, 0.29) is 32.1 Å². The highest BCUT2D eigenvalue weighted by atomic mass is 35.5. The Bertz CT molecular complexity index is 911. The molecule has 0 radical (unpaired) electrons. The number of anilines is 1. The Balaban J connectivity index is 0.00000363. The van der Waals surface area contributed by atoms with Gasteiger partial charge in [0.1, 0.15) is 0 Å². The van der Waals surface area contributed by atoms with Crippen LogP contribution in [0.15, 0.2) is 42.5 Å². The summed E-state index contributed by atoms with van der Waals surface area (Å²) in [6, 6.07) is 9.70. The highest BCUT2D eigenvalue weighted by Crippen LogP contribution is 2.28. The van der Waals surface area contributed by atoms with E-state index in [0.717, 1.165) is 17.7 Å². The van der Waals surface area contributed by atoms with E-state index in [1.807, 2.05) is 6.92 Å². The van der Waals surface area contributed by atoms with Gasteiger partial charge in [0.2, 0.25) is 6.10 Å². The van der Waals surface area contributed by atoms with Gasteiger partial charge in [-0.1, -0.05) is 23.8 Å². The van der Waals surface area contributed by atoms with Gasteiger partial charge in [0.15, 0.2) is 11.6 Å². The van der Waals surface area contributed by atoms with Crippen molar-refractivity contribution >= 4 is 24.2 Å². The molecule has 5 nitrogen and oxygen atoms in total. The molecule has 1 fully saturated rings. The first kappa shape index (κ1) is 25.8. The normalized spacial score (nSPS) is 17.9. The number of alkyl halides is 3. The molecule has 1 N–H and O–H groups in total. The fourth-order valence-electron chi connectivity index (χ4n) is 3.14. The Morgan fingerprint density at radius 3 is 2.50 bits per heavy atom. The van der Waals surface area contributed by atoms with Crippen LogP contribution in [-0.4, -0.2) is 49.5 Å². The number of halogens is 6. The highest BCUT2D eigenvalue weighted by Gasteiger charge is 2.44. The van der Waals surface area contributed by atoms with E-state index in [2.05, 4.69) is 10.1 Å². The smallest absolute Gasteiger partial charge is 0.426 e. The van der Waals surface area contributed by atoms with Crippen molar-refractivity contribution in [3.05, 3.63) is 65.2 Å². The maximum atomic E-state index is 13.5. The lowest BCUT2D eigenvalue weighted by molar-refractivity contribution is -0.209. The molecule has 32 heavy (non-hydrogen) atoms. The molecule has 2 atom stereocenters. The van der Waals surface area contributed by atoms with Crippen molar-refractivity contribution in [2.75, 3.05) is 31.6 Å². The number of benzene rings is 2. The molecule has 1 aliphatic heterocycles. The second-order valence-electron chi connectivity index (χ2n) is 7.22. The summed E-state index contributed by atoms with van der Waals surface area (Å²) >= 11 is 0. The van der Waals surface area contributed by atoms with Crippen LogP contribution in [0.25, 0.3) is 0 Å². The van der Waals surface area contributed by atoms with E-state index in [1.165, 1.54) is 11.0 Å². The predicted octanol–water partition coefficient (Wildman–Crippen LogP) is 5.25. The van der Waals surface area contributed by atoms with Crippen LogP contribution < -0.4 is 5.32 Å². The summed E-state index contributed by atoms with van der Waals surface area (Å²) in [5.41, 5.74) is 1.54. The van der Waals surface area contributed by atoms with Crippen LogP contribution in [0.5, 0.6) is 0 Å². The molecule has 0 saturated carbocycles. The van der Waals surface area contributed by atoms with Gasteiger partial charge in [0.05, 0.1) is 12.7 Å². The van der Waals surface area contributed by atoms with Gasteiger partial charge >= 0.3 is 12.3 Å². The average Bonchev–Trinajstić information content (AvgIpc) is 2.71. The van der Waals surface area contributed by atoms with E-state index in [0.29, 0.717) is 11.3 Å². The van der Waals surface area contributed by atoms with Crippen LogP contribution in [0.2, 0.25) is 0 Å². The van der Waals surface area contributed by atoms with E-state index < -0.39 is 42.7 Å². The lowest BCUT2D eigenvalue weighted by Gasteiger charge is -2.35. The van der Waals surface area contributed by atoms with Gasteiger partial charge in [-0.05, 0) is 36.8 Å². The van der Waals surface area contributed by atoms with Crippen LogP contribution in [0.4, 0.5) is 32.4 Å². The number of nitrogens with zero attached hydrogens (tertiary/aromatic N) is 1. The lowest BCUT2D eigenvalue weighted by Crippen LogP contribution is -2.48. The molecule has 1 aliphatic rings. The van der Waals surface area contributed by atoms with Gasteiger partial charge < -0.3 is 9.47 Å². The van der Waals surface area contributed by atoms with Gasteiger partial charge in [-0.15, -0.1) is 12.4 Å². The number of hydrogen-bond acceptors (Lipinski definition) is 4. The Labute approximate surface area is 187 Å². The van der Waals surface area contributed by atoms with Gasteiger partial charge in [-0.2, -0.15) is 13.2 Å². The van der Waals surface area contributed by atoms with E-state index in [4.69, 9.17) is 4.74 Å². The largest absolute Gasteiger partial charge is 0.435 e. The van der Waals surface area contributed by atoms with Crippen molar-refractivity contribution in [1.82, 2.24) is 4.90 Å². The molecule has 0 aromatic heterocycles. The van der Waals surface area contributed by atoms with E-state index in [9.17, 15) is 26.7 Å². The zero-order valence-electron chi connectivity index (χ0n) is 17.0. The third-order valence-electron chi connectivity index (χ3n) is 4.80. The zero-order valence-corrected chi connectivity index (χ0v) is 17.8. The summed E-state index contributed by atoms with van der Waals surface area (Å²) in [7, 11) is 0. The Hall–Kier alpha value is -2.43. The molecule has 0 spiro atoms. The summed E-state index contributed by atoms with van der Waals surface area (Å²) in [5, 5.41) is 2.27. The first-order chi connectivity index (χ1) is 14.6. The number of rotatable bonds is 5. The number of amides is 1. The molecule has 176 valence electrons. The number of carbonyl (C=O) groups excluding carboxylic acids is 1. The van der Waals surface area contributed by atoms with Crippen molar-refractivity contribution in [1.29, 1.82) is 0 Å². The molecule has 0 bridgehead atoms. The summed E-state index contributed by atoms with van der Waals surface area (Å²) in [5.74, 6) is -2.09. The van der Waals surface area contributed by atoms with Crippen molar-refractivity contribution in [3.8, 4) is 0 Å². The van der Waals surface area contributed by atoms with Crippen molar-refractivity contribution in [3.63, 3.8) is 0 Å². The van der Waals surface area contributed by atoms with E-state index >= 15 is 0 Å². The first-order valence-corrected chi connectivity index (χ1v) is 9.52. The standard InChI is InChI=1S/C21H21F5N2O3.ClH/c1-13-2-5-15(6-3-13)27-20(29)31-19(21(24,25)26)12-28-8-9-30-18(11-28)14-4-7-16(22)17(23)10-14;/h2-7,10,18-19H,8-9,11-12H2,1H3,(H,27,29);1H/t18?,19-;/m0./s1. The van der Waals surface area contributed by atoms with E-state index in [1.54, 1.807) is 24.3 Å². The average molecular weight is 481 g/mol. The van der Waals surface area contributed by atoms with Gasteiger partial charge in [-0.3, -0.25) is 10.2 Å². The summed E-state index contributed by atoms with van der Waals surface area (Å²) < 4.78 is 77.2. The highest BCUT2D eigenvalue weighted by molar-refractivity contribution is 5.85. The molecule has 11 heteroatoms. The topological polar surface area (TPSA) is 50.8 Å². The number of ether oxygens (including phenoxy) is 2. The Morgan fingerprint density at radius 2 is 1.88 bits per heavy atom. The number of morpholine rings is 1. The first-order valence-electron chi connectivity index (χ1n) is 9.52. The second-order valence-corrected chi connectivity index (χ2v) is 7.22. The molecule has 1 amide bonds. The number of aryl methyl sites for hydroxylation is 1. The van der Waals surface area contributed by atoms with Gasteiger partial charge in [-0.25, -0.2) is 13.6 Å². The van der Waals surface area contributed by atoms with Crippen LogP contribution >= 0.6 is 12.4 Å². The molecule has 1 unspecified atom stereocenters. The monoisotopic (exact) mass is 480 g/mol. The minimum Gasteiger partial charge on any atom is -0.435 e. The third kappa shape index (κ3) is 7.04. The molecule has 2 aromatic carbocycles. The van der Waals surface area contributed by atoms with Crippen molar-refractivity contribution in [2.24, 2.45) is 0 Å². The third-order valence-corrected chi connectivity index (χ3v) is 4.80. The zero-order chi connectivity index (χ0) is 22.6. The molecule has 3 rings (SSSR count). The summed E-state index contributed by atoms with van der Waals surface area (Å²) in [6.45, 7) is 1.46. The van der Waals surface area contributed by atoms with Crippen molar-refractivity contribution < 1.29 is 36.2 Å². The quantitative estimate of drug-likeness (QED) is 0.594. The molecular formula is C21H22ClF5N2O3. The molecule has 1 heterocycles. The fraction of sp³-hybridized carbons (Fsp3) is 0.381. The van der Waals surface area contributed by atoms with Gasteiger partial charge in [0, 0.05) is 25.3 Å².